The summed E-state index contributed by atoms with van der Waals surface area (Å²) in [6, 6.07) is 16.2. The lowest BCUT2D eigenvalue weighted by Gasteiger charge is -2.26. The Morgan fingerprint density at radius 2 is 1.85 bits per heavy atom. The van der Waals surface area contributed by atoms with Crippen molar-refractivity contribution in [3.8, 4) is 0 Å². The molecule has 10 heteroatoms. The summed E-state index contributed by atoms with van der Waals surface area (Å²) in [6.07, 6.45) is 4.80. The van der Waals surface area contributed by atoms with E-state index in [9.17, 15) is 22.0 Å². The Balaban J connectivity index is 1.44. The predicted molar refractivity (Wildman–Crippen MR) is 148 cm³/mol. The fourth-order valence-corrected chi connectivity index (χ4v) is 6.37. The summed E-state index contributed by atoms with van der Waals surface area (Å²) in [5.41, 5.74) is 3.09. The number of carbonyl (C=O) groups is 1. The highest BCUT2D eigenvalue weighted by molar-refractivity contribution is 7.89. The molecule has 0 spiro atoms. The number of anilines is 1. The molecule has 2 atom stereocenters. The average molecular weight is 565 g/mol. The van der Waals surface area contributed by atoms with Gasteiger partial charge in [0.05, 0.1) is 11.4 Å². The first-order chi connectivity index (χ1) is 19.1. The second-order valence-corrected chi connectivity index (χ2v) is 11.9. The maximum atomic E-state index is 13.8. The molecule has 1 heterocycles. The summed E-state index contributed by atoms with van der Waals surface area (Å²) in [5.74, 6) is -0.711. The van der Waals surface area contributed by atoms with E-state index in [4.69, 9.17) is 0 Å². The molecule has 0 bridgehead atoms. The number of nitrogens with one attached hydrogen (secondary N) is 1. The molecule has 1 N–H and O–H groups in total. The van der Waals surface area contributed by atoms with Crippen LogP contribution in [0.5, 0.6) is 0 Å². The lowest BCUT2D eigenvalue weighted by atomic mass is 9.96. The summed E-state index contributed by atoms with van der Waals surface area (Å²) in [6.45, 7) is 2.09. The Labute approximate surface area is 232 Å². The number of hydrogen-bond acceptors (Lipinski definition) is 4. The van der Waals surface area contributed by atoms with E-state index in [1.807, 2.05) is 36.7 Å². The van der Waals surface area contributed by atoms with Crippen LogP contribution in [0.25, 0.3) is 0 Å². The highest BCUT2D eigenvalue weighted by Gasteiger charge is 2.30. The highest BCUT2D eigenvalue weighted by Crippen LogP contribution is 2.36. The van der Waals surface area contributed by atoms with E-state index in [-0.39, 0.29) is 35.5 Å². The fraction of sp³-hybridized carbons (Fsp3) is 0.267. The highest BCUT2D eigenvalue weighted by atomic mass is 32.2. The number of rotatable bonds is 9. The number of aryl methyl sites for hydroxylation is 2. The molecule has 0 aliphatic heterocycles. The molecule has 0 fully saturated rings. The van der Waals surface area contributed by atoms with Crippen molar-refractivity contribution in [3.63, 3.8) is 0 Å². The number of carbonyl (C=O) groups excluding carboxylic acids is 1. The Kier molecular flexibility index (Phi) is 7.82. The van der Waals surface area contributed by atoms with Crippen molar-refractivity contribution in [2.24, 2.45) is 7.05 Å². The standard InChI is InChI=1S/C30H30F2N4O3S/c1-20(22-5-3-6-23(31)16-22)15-30(37)36(19-29-33-13-14-35(29)2)25-11-9-21-10-12-28(27(21)18-25)34-40(38,39)26-8-4-7-24(32)17-26/h3-9,11,13-14,16-18,20,28,34H,10,12,15,19H2,1-2H3/t20-,28+/m0/s1. The minimum Gasteiger partial charge on any atom is -0.337 e. The quantitative estimate of drug-likeness (QED) is 0.296. The number of benzene rings is 3. The van der Waals surface area contributed by atoms with Crippen LogP contribution in [0, 0.1) is 11.6 Å². The molecule has 5 rings (SSSR count). The topological polar surface area (TPSA) is 84.3 Å². The van der Waals surface area contributed by atoms with Gasteiger partial charge in [0.1, 0.15) is 17.5 Å². The number of imidazole rings is 1. The van der Waals surface area contributed by atoms with Gasteiger partial charge in [-0.05, 0) is 77.9 Å². The van der Waals surface area contributed by atoms with E-state index in [0.717, 1.165) is 22.8 Å². The minimum absolute atomic E-state index is 0.139. The molecule has 7 nitrogen and oxygen atoms in total. The smallest absolute Gasteiger partial charge is 0.241 e. The molecule has 3 aromatic carbocycles. The maximum absolute atomic E-state index is 13.8. The van der Waals surface area contributed by atoms with E-state index in [0.29, 0.717) is 24.4 Å². The maximum Gasteiger partial charge on any atom is 0.241 e. The van der Waals surface area contributed by atoms with E-state index in [2.05, 4.69) is 9.71 Å². The van der Waals surface area contributed by atoms with Crippen molar-refractivity contribution in [2.45, 2.75) is 49.6 Å². The zero-order valence-corrected chi connectivity index (χ0v) is 23.0. The van der Waals surface area contributed by atoms with Crippen LogP contribution in [-0.4, -0.2) is 23.9 Å². The SMILES string of the molecule is C[C@@H](CC(=O)N(Cc1nccn1C)c1ccc2c(c1)[C@H](NS(=O)(=O)c1cccc(F)c1)CC2)c1cccc(F)c1. The first kappa shape index (κ1) is 27.7. The van der Waals surface area contributed by atoms with Crippen LogP contribution in [0.2, 0.25) is 0 Å². The third kappa shape index (κ3) is 5.97. The van der Waals surface area contributed by atoms with Crippen molar-refractivity contribution < 1.29 is 22.0 Å². The number of sulfonamides is 1. The predicted octanol–water partition coefficient (Wildman–Crippen LogP) is 5.39. The summed E-state index contributed by atoms with van der Waals surface area (Å²) in [5, 5.41) is 0. The van der Waals surface area contributed by atoms with Gasteiger partial charge in [-0.3, -0.25) is 4.79 Å². The van der Waals surface area contributed by atoms with Gasteiger partial charge in [-0.2, -0.15) is 0 Å². The summed E-state index contributed by atoms with van der Waals surface area (Å²) in [7, 11) is -2.12. The van der Waals surface area contributed by atoms with Gasteiger partial charge >= 0.3 is 0 Å². The van der Waals surface area contributed by atoms with E-state index in [1.165, 1.54) is 30.3 Å². The Morgan fingerprint density at radius 3 is 2.55 bits per heavy atom. The van der Waals surface area contributed by atoms with E-state index in [1.54, 1.807) is 29.4 Å². The van der Waals surface area contributed by atoms with Gasteiger partial charge in [0.15, 0.2) is 0 Å². The minimum atomic E-state index is -3.97. The van der Waals surface area contributed by atoms with E-state index < -0.39 is 21.9 Å². The Hall–Kier alpha value is -3.89. The zero-order chi connectivity index (χ0) is 28.4. The second-order valence-electron chi connectivity index (χ2n) is 10.1. The van der Waals surface area contributed by atoms with Crippen LogP contribution in [0.4, 0.5) is 14.5 Å². The molecular formula is C30H30F2N4O3S. The first-order valence-electron chi connectivity index (χ1n) is 13.0. The molecule has 4 aromatic rings. The van der Waals surface area contributed by atoms with Gasteiger partial charge in [0.25, 0.3) is 0 Å². The van der Waals surface area contributed by atoms with Crippen LogP contribution in [-0.2, 0) is 34.8 Å². The largest absolute Gasteiger partial charge is 0.337 e. The Morgan fingerprint density at radius 1 is 1.10 bits per heavy atom. The van der Waals surface area contributed by atoms with Crippen molar-refractivity contribution in [1.29, 1.82) is 0 Å². The van der Waals surface area contributed by atoms with Crippen LogP contribution in [0.1, 0.15) is 54.2 Å². The fourth-order valence-electron chi connectivity index (χ4n) is 5.09. The molecule has 1 aliphatic carbocycles. The van der Waals surface area contributed by atoms with Gasteiger partial charge in [0, 0.05) is 37.6 Å². The Bertz CT molecular complexity index is 1650. The molecule has 0 radical (unpaired) electrons. The molecule has 40 heavy (non-hydrogen) atoms. The van der Waals surface area contributed by atoms with Crippen molar-refractivity contribution >= 4 is 21.6 Å². The summed E-state index contributed by atoms with van der Waals surface area (Å²) >= 11 is 0. The number of fused-ring (bicyclic) bond motifs is 1. The second kappa shape index (κ2) is 11.3. The number of hydrogen-bond donors (Lipinski definition) is 1. The van der Waals surface area contributed by atoms with E-state index >= 15 is 0 Å². The normalized spacial score (nSPS) is 15.6. The average Bonchev–Trinajstić information content (AvgIpc) is 3.51. The molecule has 1 aromatic heterocycles. The molecule has 1 aliphatic rings. The van der Waals surface area contributed by atoms with Crippen LogP contribution < -0.4 is 9.62 Å². The number of halogens is 2. The van der Waals surface area contributed by atoms with Gasteiger partial charge in [-0.15, -0.1) is 0 Å². The van der Waals surface area contributed by atoms with Crippen LogP contribution >= 0.6 is 0 Å². The molecule has 208 valence electrons. The molecule has 0 unspecified atom stereocenters. The number of amides is 1. The molecule has 0 saturated carbocycles. The monoisotopic (exact) mass is 564 g/mol. The van der Waals surface area contributed by atoms with Crippen molar-refractivity contribution in [2.75, 3.05) is 4.90 Å². The molecule has 1 amide bonds. The summed E-state index contributed by atoms with van der Waals surface area (Å²) in [4.78, 5) is 19.6. The van der Waals surface area contributed by atoms with Crippen LogP contribution in [0.3, 0.4) is 0 Å². The third-order valence-electron chi connectivity index (χ3n) is 7.34. The first-order valence-corrected chi connectivity index (χ1v) is 14.5. The molecular weight excluding hydrogens is 534 g/mol. The van der Waals surface area contributed by atoms with Gasteiger partial charge < -0.3 is 9.47 Å². The zero-order valence-electron chi connectivity index (χ0n) is 22.2. The lowest BCUT2D eigenvalue weighted by molar-refractivity contribution is -0.119. The van der Waals surface area contributed by atoms with Gasteiger partial charge in [-0.1, -0.05) is 31.2 Å². The lowest BCUT2D eigenvalue weighted by Crippen LogP contribution is -2.32. The summed E-state index contributed by atoms with van der Waals surface area (Å²) < 4.78 is 58.1. The van der Waals surface area contributed by atoms with Crippen molar-refractivity contribution in [1.82, 2.24) is 14.3 Å². The third-order valence-corrected chi connectivity index (χ3v) is 8.81. The van der Waals surface area contributed by atoms with Gasteiger partial charge in [-0.25, -0.2) is 26.9 Å². The van der Waals surface area contributed by atoms with Crippen molar-refractivity contribution in [3.05, 3.63) is 113 Å². The van der Waals surface area contributed by atoms with Crippen LogP contribution in [0.15, 0.2) is 84.0 Å². The molecule has 0 saturated heterocycles. The number of aromatic nitrogens is 2. The van der Waals surface area contributed by atoms with Gasteiger partial charge in [0.2, 0.25) is 15.9 Å². The number of nitrogens with zero attached hydrogens (tertiary/aromatic N) is 3.